The summed E-state index contributed by atoms with van der Waals surface area (Å²) in [6, 6.07) is 10.4. The van der Waals surface area contributed by atoms with E-state index in [2.05, 4.69) is 33.5 Å². The predicted molar refractivity (Wildman–Crippen MR) is 96.0 cm³/mol. The molecule has 0 saturated heterocycles. The number of guanidine groups is 1. The summed E-state index contributed by atoms with van der Waals surface area (Å²) in [7, 11) is 3.94. The van der Waals surface area contributed by atoms with Crippen LogP contribution in [0.1, 0.15) is 23.1 Å². The Bertz CT molecular complexity index is 721. The SMILES string of the molecule is CN(C)c1cc(CN=C(N)Nc2ccc3c(c2)CCC3)ccn1. The van der Waals surface area contributed by atoms with Gasteiger partial charge in [0.15, 0.2) is 5.96 Å². The van der Waals surface area contributed by atoms with Crippen molar-refractivity contribution >= 4 is 17.5 Å². The minimum atomic E-state index is 0.436. The van der Waals surface area contributed by atoms with Crippen LogP contribution in [0.2, 0.25) is 0 Å². The third-order valence-corrected chi connectivity index (χ3v) is 4.07. The van der Waals surface area contributed by atoms with E-state index in [4.69, 9.17) is 5.73 Å². The molecule has 0 spiro atoms. The van der Waals surface area contributed by atoms with Gasteiger partial charge in [-0.25, -0.2) is 9.98 Å². The molecular formula is C18H23N5. The number of hydrogen-bond donors (Lipinski definition) is 2. The maximum absolute atomic E-state index is 6.01. The third-order valence-electron chi connectivity index (χ3n) is 4.07. The predicted octanol–water partition coefficient (Wildman–Crippen LogP) is 2.56. The lowest BCUT2D eigenvalue weighted by atomic mass is 10.1. The minimum absolute atomic E-state index is 0.436. The molecule has 2 aromatic rings. The second-order valence-electron chi connectivity index (χ2n) is 6.08. The van der Waals surface area contributed by atoms with E-state index in [0.29, 0.717) is 12.5 Å². The number of hydrogen-bond acceptors (Lipinski definition) is 3. The molecule has 1 aliphatic rings. The van der Waals surface area contributed by atoms with E-state index in [1.165, 1.54) is 24.0 Å². The maximum atomic E-state index is 6.01. The highest BCUT2D eigenvalue weighted by atomic mass is 15.1. The second kappa shape index (κ2) is 6.69. The Hall–Kier alpha value is -2.56. The number of aromatic nitrogens is 1. The van der Waals surface area contributed by atoms with Gasteiger partial charge < -0.3 is 16.0 Å². The first-order chi connectivity index (χ1) is 11.1. The normalized spacial score (nSPS) is 13.7. The number of aryl methyl sites for hydroxylation is 2. The summed E-state index contributed by atoms with van der Waals surface area (Å²) >= 11 is 0. The number of nitrogens with two attached hydrogens (primary N) is 1. The first kappa shape index (κ1) is 15.3. The molecule has 3 N–H and O–H groups in total. The van der Waals surface area contributed by atoms with Crippen LogP contribution in [-0.4, -0.2) is 25.0 Å². The molecule has 1 aliphatic carbocycles. The fraction of sp³-hybridized carbons (Fsp3) is 0.333. The Morgan fingerprint density at radius 3 is 2.87 bits per heavy atom. The lowest BCUT2D eigenvalue weighted by Gasteiger charge is -2.11. The number of fused-ring (bicyclic) bond motifs is 1. The van der Waals surface area contributed by atoms with Gasteiger partial charge in [-0.15, -0.1) is 0 Å². The van der Waals surface area contributed by atoms with Gasteiger partial charge in [0.05, 0.1) is 6.54 Å². The second-order valence-corrected chi connectivity index (χ2v) is 6.08. The van der Waals surface area contributed by atoms with Gasteiger partial charge in [-0.1, -0.05) is 6.07 Å². The highest BCUT2D eigenvalue weighted by molar-refractivity contribution is 5.92. The lowest BCUT2D eigenvalue weighted by molar-refractivity contribution is 0.912. The van der Waals surface area contributed by atoms with E-state index in [-0.39, 0.29) is 0 Å². The molecule has 0 radical (unpaired) electrons. The van der Waals surface area contributed by atoms with Crippen LogP contribution in [0.5, 0.6) is 0 Å². The van der Waals surface area contributed by atoms with E-state index in [9.17, 15) is 0 Å². The van der Waals surface area contributed by atoms with Gasteiger partial charge >= 0.3 is 0 Å². The molecule has 0 fully saturated rings. The molecule has 5 nitrogen and oxygen atoms in total. The van der Waals surface area contributed by atoms with Gasteiger partial charge in [0.25, 0.3) is 0 Å². The Kier molecular flexibility index (Phi) is 4.46. The van der Waals surface area contributed by atoms with Crippen LogP contribution in [0.4, 0.5) is 11.5 Å². The number of nitrogens with one attached hydrogen (secondary N) is 1. The quantitative estimate of drug-likeness (QED) is 0.673. The van der Waals surface area contributed by atoms with E-state index < -0.39 is 0 Å². The third kappa shape index (κ3) is 3.80. The molecule has 0 atom stereocenters. The Labute approximate surface area is 137 Å². The molecule has 23 heavy (non-hydrogen) atoms. The van der Waals surface area contributed by atoms with Gasteiger partial charge in [0.2, 0.25) is 0 Å². The van der Waals surface area contributed by atoms with Crippen LogP contribution in [0, 0.1) is 0 Å². The Balaban J connectivity index is 1.65. The van der Waals surface area contributed by atoms with Crippen LogP contribution >= 0.6 is 0 Å². The van der Waals surface area contributed by atoms with E-state index in [1.54, 1.807) is 6.20 Å². The number of benzene rings is 1. The molecule has 1 heterocycles. The Morgan fingerprint density at radius 1 is 1.22 bits per heavy atom. The van der Waals surface area contributed by atoms with Crippen LogP contribution < -0.4 is 16.0 Å². The number of pyridine rings is 1. The van der Waals surface area contributed by atoms with Gasteiger partial charge in [-0.3, -0.25) is 0 Å². The topological polar surface area (TPSA) is 66.5 Å². The number of anilines is 2. The fourth-order valence-electron chi connectivity index (χ4n) is 2.82. The zero-order valence-corrected chi connectivity index (χ0v) is 13.7. The van der Waals surface area contributed by atoms with Gasteiger partial charge in [0, 0.05) is 26.0 Å². The summed E-state index contributed by atoms with van der Waals surface area (Å²) in [6.45, 7) is 0.535. The molecule has 0 unspecified atom stereocenters. The summed E-state index contributed by atoms with van der Waals surface area (Å²) in [6.07, 6.45) is 5.39. The van der Waals surface area contributed by atoms with Crippen LogP contribution in [-0.2, 0) is 19.4 Å². The first-order valence-electron chi connectivity index (χ1n) is 7.93. The molecule has 1 aromatic heterocycles. The zero-order chi connectivity index (χ0) is 16.2. The monoisotopic (exact) mass is 309 g/mol. The molecule has 0 bridgehead atoms. The summed E-state index contributed by atoms with van der Waals surface area (Å²) in [4.78, 5) is 10.7. The van der Waals surface area contributed by atoms with Crippen LogP contribution in [0.15, 0.2) is 41.5 Å². The van der Waals surface area contributed by atoms with Gasteiger partial charge in [-0.2, -0.15) is 0 Å². The van der Waals surface area contributed by atoms with Crippen molar-refractivity contribution in [2.24, 2.45) is 10.7 Å². The van der Waals surface area contributed by atoms with Crippen molar-refractivity contribution in [1.82, 2.24) is 4.98 Å². The summed E-state index contributed by atoms with van der Waals surface area (Å²) < 4.78 is 0. The standard InChI is InChI=1S/C18H23N5/c1-23(2)17-10-13(8-9-20-17)12-21-18(19)22-16-7-6-14-4-3-5-15(14)11-16/h6-11H,3-5,12H2,1-2H3,(H3,19,21,22). The molecule has 5 heteroatoms. The van der Waals surface area contributed by atoms with Crippen LogP contribution in [0.3, 0.4) is 0 Å². The number of aliphatic imine (C=N–C) groups is 1. The van der Waals surface area contributed by atoms with Crippen molar-refractivity contribution < 1.29 is 0 Å². The summed E-state index contributed by atoms with van der Waals surface area (Å²) in [5.74, 6) is 1.36. The highest BCUT2D eigenvalue weighted by Crippen LogP contribution is 2.24. The molecule has 0 aliphatic heterocycles. The molecule has 120 valence electrons. The zero-order valence-electron chi connectivity index (χ0n) is 13.7. The van der Waals surface area contributed by atoms with Crippen molar-refractivity contribution in [2.75, 3.05) is 24.3 Å². The van der Waals surface area contributed by atoms with Crippen molar-refractivity contribution in [1.29, 1.82) is 0 Å². The molecule has 0 amide bonds. The average Bonchev–Trinajstić information content (AvgIpc) is 3.01. The van der Waals surface area contributed by atoms with Gasteiger partial charge in [-0.05, 0) is 60.2 Å². The Morgan fingerprint density at radius 2 is 2.04 bits per heavy atom. The smallest absolute Gasteiger partial charge is 0.193 e. The number of rotatable bonds is 4. The average molecular weight is 309 g/mol. The summed E-state index contributed by atoms with van der Waals surface area (Å²) in [5, 5.41) is 3.18. The number of nitrogens with zero attached hydrogens (tertiary/aromatic N) is 3. The van der Waals surface area contributed by atoms with Crippen LogP contribution in [0.25, 0.3) is 0 Å². The van der Waals surface area contributed by atoms with Gasteiger partial charge in [0.1, 0.15) is 5.82 Å². The summed E-state index contributed by atoms with van der Waals surface area (Å²) in [5.41, 5.74) is 11.0. The molecule has 1 aromatic carbocycles. The van der Waals surface area contributed by atoms with Crippen molar-refractivity contribution in [3.05, 3.63) is 53.2 Å². The lowest BCUT2D eigenvalue weighted by Crippen LogP contribution is -2.22. The van der Waals surface area contributed by atoms with E-state index in [0.717, 1.165) is 23.5 Å². The molecule has 3 rings (SSSR count). The van der Waals surface area contributed by atoms with E-state index in [1.807, 2.05) is 31.1 Å². The molecule has 0 saturated carbocycles. The van der Waals surface area contributed by atoms with Crippen molar-refractivity contribution in [3.63, 3.8) is 0 Å². The maximum Gasteiger partial charge on any atom is 0.193 e. The first-order valence-corrected chi connectivity index (χ1v) is 7.93. The molecular weight excluding hydrogens is 286 g/mol. The highest BCUT2D eigenvalue weighted by Gasteiger charge is 2.10. The minimum Gasteiger partial charge on any atom is -0.370 e. The van der Waals surface area contributed by atoms with Crippen molar-refractivity contribution in [2.45, 2.75) is 25.8 Å². The van der Waals surface area contributed by atoms with Crippen molar-refractivity contribution in [3.8, 4) is 0 Å². The largest absolute Gasteiger partial charge is 0.370 e. The fourth-order valence-corrected chi connectivity index (χ4v) is 2.82. The van der Waals surface area contributed by atoms with E-state index >= 15 is 0 Å².